The van der Waals surface area contributed by atoms with Crippen LogP contribution in [0.1, 0.15) is 24.5 Å². The maximum Gasteiger partial charge on any atom is 0.407 e. The molecule has 3 heterocycles. The van der Waals surface area contributed by atoms with Crippen LogP contribution in [-0.4, -0.2) is 86.6 Å². The normalized spacial score (nSPS) is 15.7. The Hall–Kier alpha value is -1.96. The molecule has 0 atom stereocenters. The van der Waals surface area contributed by atoms with Gasteiger partial charge >= 0.3 is 6.09 Å². The number of piperidine rings is 1. The molecule has 0 saturated carbocycles. The SMILES string of the molecule is C[Si](C)(C)CCOCN(COCC[Si](C)(C)C)c1cc(C2CCN(C(=O)O)CC2)nc2ccnn12. The van der Waals surface area contributed by atoms with Crippen molar-refractivity contribution in [3.05, 3.63) is 24.0 Å². The standard InChI is InChI=1S/C24H43N5O4Si2/c1-34(2,3)15-13-32-18-28(19-33-14-16-35(4,5)6)23-17-21(26-22-7-10-25-29(22)23)20-8-11-27(12-9-20)24(30)31/h7,10,17,20H,8-9,11-16,18-19H2,1-6H3,(H,30,31). The van der Waals surface area contributed by atoms with Crippen molar-refractivity contribution in [2.24, 2.45) is 0 Å². The maximum atomic E-state index is 11.3. The van der Waals surface area contributed by atoms with Gasteiger partial charge in [-0.05, 0) is 24.9 Å². The second kappa shape index (κ2) is 11.9. The number of fused-ring (bicyclic) bond motifs is 1. The van der Waals surface area contributed by atoms with Crippen molar-refractivity contribution in [2.45, 2.75) is 70.1 Å². The first kappa shape index (κ1) is 27.6. The molecule has 1 N–H and O–H groups in total. The summed E-state index contributed by atoms with van der Waals surface area (Å²) in [5, 5.41) is 13.8. The molecule has 1 fully saturated rings. The molecule has 1 saturated heterocycles. The van der Waals surface area contributed by atoms with Crippen LogP contribution in [0, 0.1) is 0 Å². The number of anilines is 1. The monoisotopic (exact) mass is 521 g/mol. The summed E-state index contributed by atoms with van der Waals surface area (Å²) in [5.74, 6) is 1.11. The van der Waals surface area contributed by atoms with Gasteiger partial charge in [-0.2, -0.15) is 9.61 Å². The highest BCUT2D eigenvalue weighted by Gasteiger charge is 2.26. The number of hydrogen-bond donors (Lipinski definition) is 1. The number of aromatic nitrogens is 3. The molecule has 1 aliphatic heterocycles. The Kier molecular flexibility index (Phi) is 9.36. The van der Waals surface area contributed by atoms with Gasteiger partial charge < -0.3 is 24.4 Å². The number of hydrogen-bond acceptors (Lipinski definition) is 6. The Balaban J connectivity index is 1.79. The Morgan fingerprint density at radius 1 is 1.06 bits per heavy atom. The lowest BCUT2D eigenvalue weighted by Crippen LogP contribution is -2.37. The fourth-order valence-corrected chi connectivity index (χ4v) is 5.51. The number of nitrogens with zero attached hydrogens (tertiary/aromatic N) is 5. The number of ether oxygens (including phenoxy) is 2. The van der Waals surface area contributed by atoms with Crippen LogP contribution in [0.2, 0.25) is 51.4 Å². The first-order valence-corrected chi connectivity index (χ1v) is 20.1. The zero-order chi connectivity index (χ0) is 25.6. The first-order valence-electron chi connectivity index (χ1n) is 12.7. The van der Waals surface area contributed by atoms with Gasteiger partial charge in [-0.1, -0.05) is 39.3 Å². The lowest BCUT2D eigenvalue weighted by atomic mass is 9.93. The number of rotatable bonds is 12. The first-order chi connectivity index (χ1) is 16.4. The summed E-state index contributed by atoms with van der Waals surface area (Å²) >= 11 is 0. The van der Waals surface area contributed by atoms with Gasteiger partial charge in [0.2, 0.25) is 0 Å². The van der Waals surface area contributed by atoms with Gasteiger partial charge in [-0.15, -0.1) is 0 Å². The van der Waals surface area contributed by atoms with Crippen molar-refractivity contribution < 1.29 is 19.4 Å². The molecule has 0 radical (unpaired) electrons. The van der Waals surface area contributed by atoms with E-state index in [0.717, 1.165) is 55.3 Å². The van der Waals surface area contributed by atoms with Crippen molar-refractivity contribution >= 4 is 33.7 Å². The number of amides is 1. The predicted molar refractivity (Wildman–Crippen MR) is 145 cm³/mol. The second-order valence-corrected chi connectivity index (χ2v) is 23.2. The lowest BCUT2D eigenvalue weighted by molar-refractivity contribution is 0.0942. The third kappa shape index (κ3) is 8.59. The van der Waals surface area contributed by atoms with E-state index in [4.69, 9.17) is 14.5 Å². The molecule has 0 aromatic carbocycles. The minimum absolute atomic E-state index is 0.215. The van der Waals surface area contributed by atoms with Gasteiger partial charge in [0.25, 0.3) is 0 Å². The third-order valence-corrected chi connectivity index (χ3v) is 9.76. The molecular weight excluding hydrogens is 478 g/mol. The Bertz CT molecular complexity index is 943. The molecule has 2 aromatic heterocycles. The fourth-order valence-electron chi connectivity index (χ4n) is 3.99. The van der Waals surface area contributed by atoms with Crippen LogP contribution < -0.4 is 4.90 Å². The van der Waals surface area contributed by atoms with Crippen LogP contribution in [-0.2, 0) is 9.47 Å². The van der Waals surface area contributed by atoms with Crippen LogP contribution >= 0.6 is 0 Å². The summed E-state index contributed by atoms with van der Waals surface area (Å²) in [6, 6.07) is 6.22. The van der Waals surface area contributed by atoms with E-state index in [1.165, 1.54) is 4.90 Å². The quantitative estimate of drug-likeness (QED) is 0.238. The van der Waals surface area contributed by atoms with Gasteiger partial charge in [0, 0.05) is 66.2 Å². The van der Waals surface area contributed by atoms with Crippen LogP contribution in [0.15, 0.2) is 18.3 Å². The fraction of sp³-hybridized carbons (Fsp3) is 0.708. The third-order valence-electron chi connectivity index (χ3n) is 6.36. The Morgan fingerprint density at radius 2 is 1.63 bits per heavy atom. The summed E-state index contributed by atoms with van der Waals surface area (Å²) in [6.45, 7) is 17.5. The van der Waals surface area contributed by atoms with Gasteiger partial charge in [-0.25, -0.2) is 9.78 Å². The van der Waals surface area contributed by atoms with E-state index < -0.39 is 22.2 Å². The van der Waals surface area contributed by atoms with Crippen LogP contribution in [0.4, 0.5) is 10.6 Å². The van der Waals surface area contributed by atoms with E-state index in [1.54, 1.807) is 6.20 Å². The molecule has 11 heteroatoms. The smallest absolute Gasteiger partial charge is 0.407 e. The molecule has 9 nitrogen and oxygen atoms in total. The summed E-state index contributed by atoms with van der Waals surface area (Å²) in [4.78, 5) is 19.8. The van der Waals surface area contributed by atoms with Crippen molar-refractivity contribution in [1.29, 1.82) is 0 Å². The molecule has 196 valence electrons. The molecule has 0 bridgehead atoms. The average molecular weight is 522 g/mol. The van der Waals surface area contributed by atoms with Crippen LogP contribution in [0.25, 0.3) is 5.65 Å². The van der Waals surface area contributed by atoms with Gasteiger partial charge in [0.1, 0.15) is 19.3 Å². The summed E-state index contributed by atoms with van der Waals surface area (Å²) in [5.41, 5.74) is 1.76. The largest absolute Gasteiger partial charge is 0.465 e. The van der Waals surface area contributed by atoms with Crippen LogP contribution in [0.3, 0.4) is 0 Å². The molecule has 1 aliphatic rings. The minimum atomic E-state index is -1.18. The zero-order valence-electron chi connectivity index (χ0n) is 22.3. The summed E-state index contributed by atoms with van der Waals surface area (Å²) in [6.07, 6.45) is 2.45. The van der Waals surface area contributed by atoms with Crippen LogP contribution in [0.5, 0.6) is 0 Å². The van der Waals surface area contributed by atoms with E-state index in [-0.39, 0.29) is 5.92 Å². The molecule has 0 aliphatic carbocycles. The molecular formula is C24H43N5O4Si2. The highest BCUT2D eigenvalue weighted by molar-refractivity contribution is 6.76. The molecule has 1 amide bonds. The van der Waals surface area contributed by atoms with E-state index >= 15 is 0 Å². The zero-order valence-corrected chi connectivity index (χ0v) is 24.3. The summed E-state index contributed by atoms with van der Waals surface area (Å²) < 4.78 is 14.1. The average Bonchev–Trinajstić information content (AvgIpc) is 3.25. The molecule has 0 spiro atoms. The Labute approximate surface area is 211 Å². The molecule has 0 unspecified atom stereocenters. The molecule has 2 aromatic rings. The molecule has 35 heavy (non-hydrogen) atoms. The van der Waals surface area contributed by atoms with E-state index in [0.29, 0.717) is 26.6 Å². The van der Waals surface area contributed by atoms with Crippen molar-refractivity contribution in [3.63, 3.8) is 0 Å². The molecule has 3 rings (SSSR count). The van der Waals surface area contributed by atoms with Gasteiger partial charge in [0.05, 0.1) is 6.20 Å². The Morgan fingerprint density at radius 3 is 2.14 bits per heavy atom. The van der Waals surface area contributed by atoms with E-state index in [1.807, 2.05) is 10.6 Å². The van der Waals surface area contributed by atoms with Crippen molar-refractivity contribution in [3.8, 4) is 0 Å². The number of carbonyl (C=O) groups is 1. The maximum absolute atomic E-state index is 11.3. The summed E-state index contributed by atoms with van der Waals surface area (Å²) in [7, 11) is -2.36. The highest BCUT2D eigenvalue weighted by atomic mass is 28.3. The van der Waals surface area contributed by atoms with Gasteiger partial charge in [0.15, 0.2) is 5.65 Å². The predicted octanol–water partition coefficient (Wildman–Crippen LogP) is 5.02. The lowest BCUT2D eigenvalue weighted by Gasteiger charge is -2.31. The van der Waals surface area contributed by atoms with Crippen molar-refractivity contribution in [2.75, 3.05) is 44.7 Å². The topological polar surface area (TPSA) is 92.4 Å². The van der Waals surface area contributed by atoms with Gasteiger partial charge in [-0.3, -0.25) is 0 Å². The number of likely N-dealkylation sites (tertiary alicyclic amines) is 1. The van der Waals surface area contributed by atoms with Crippen molar-refractivity contribution in [1.82, 2.24) is 19.5 Å². The highest BCUT2D eigenvalue weighted by Crippen LogP contribution is 2.30. The van der Waals surface area contributed by atoms with E-state index in [9.17, 15) is 9.90 Å². The second-order valence-electron chi connectivity index (χ2n) is 11.9. The number of carboxylic acid groups (broad SMARTS) is 1. The van der Waals surface area contributed by atoms with E-state index in [2.05, 4.69) is 55.3 Å². The minimum Gasteiger partial charge on any atom is -0.465 e.